The summed E-state index contributed by atoms with van der Waals surface area (Å²) in [5.74, 6) is 1.47. The van der Waals surface area contributed by atoms with Crippen molar-refractivity contribution in [2.24, 2.45) is 0 Å². The molecule has 0 heterocycles. The highest BCUT2D eigenvalue weighted by molar-refractivity contribution is 5.28. The smallest absolute Gasteiger partial charge is 0.119 e. The molecule has 2 heteroatoms. The summed E-state index contributed by atoms with van der Waals surface area (Å²) < 4.78 is 5.58. The van der Waals surface area contributed by atoms with Crippen molar-refractivity contribution < 1.29 is 9.84 Å². The first-order chi connectivity index (χ1) is 7.59. The summed E-state index contributed by atoms with van der Waals surface area (Å²) in [5.41, 5.74) is 1.33. The van der Waals surface area contributed by atoms with E-state index in [4.69, 9.17) is 9.84 Å². The third-order valence-electron chi connectivity index (χ3n) is 2.58. The van der Waals surface area contributed by atoms with Crippen LogP contribution in [0.3, 0.4) is 0 Å². The molecule has 0 spiro atoms. The molecule has 2 nitrogen and oxygen atoms in total. The fourth-order valence-electron chi connectivity index (χ4n) is 1.52. The van der Waals surface area contributed by atoms with E-state index in [2.05, 4.69) is 26.0 Å². The van der Waals surface area contributed by atoms with E-state index in [1.54, 1.807) is 6.92 Å². The van der Waals surface area contributed by atoms with Gasteiger partial charge in [-0.05, 0) is 43.4 Å². The fourth-order valence-corrected chi connectivity index (χ4v) is 1.52. The van der Waals surface area contributed by atoms with Crippen molar-refractivity contribution in [3.8, 4) is 5.75 Å². The number of rotatable bonds is 6. The van der Waals surface area contributed by atoms with Crippen molar-refractivity contribution in [1.82, 2.24) is 0 Å². The lowest BCUT2D eigenvalue weighted by Crippen LogP contribution is -2.04. The first-order valence-electron chi connectivity index (χ1n) is 6.00. The van der Waals surface area contributed by atoms with Crippen molar-refractivity contribution in [2.45, 2.75) is 45.6 Å². The third kappa shape index (κ3) is 4.67. The van der Waals surface area contributed by atoms with Crippen LogP contribution in [0.25, 0.3) is 0 Å². The normalized spacial score (nSPS) is 12.8. The van der Waals surface area contributed by atoms with Gasteiger partial charge in [0.15, 0.2) is 0 Å². The Labute approximate surface area is 98.3 Å². The average Bonchev–Trinajstić information content (AvgIpc) is 2.25. The number of benzene rings is 1. The van der Waals surface area contributed by atoms with Crippen LogP contribution in [0, 0.1) is 0 Å². The molecule has 0 aliphatic heterocycles. The molecule has 0 aromatic heterocycles. The number of ether oxygens (including phenoxy) is 1. The van der Waals surface area contributed by atoms with Crippen molar-refractivity contribution >= 4 is 0 Å². The maximum Gasteiger partial charge on any atom is 0.119 e. The lowest BCUT2D eigenvalue weighted by atomic mass is 10.0. The molecule has 1 rings (SSSR count). The van der Waals surface area contributed by atoms with Crippen LogP contribution >= 0.6 is 0 Å². The van der Waals surface area contributed by atoms with Gasteiger partial charge in [-0.25, -0.2) is 0 Å². The molecule has 1 unspecified atom stereocenters. The highest BCUT2D eigenvalue weighted by Gasteiger charge is 2.00. The second kappa shape index (κ2) is 6.54. The molecule has 0 fully saturated rings. The molecule has 0 saturated heterocycles. The third-order valence-corrected chi connectivity index (χ3v) is 2.58. The Balaban J connectivity index is 2.32. The van der Waals surface area contributed by atoms with Crippen molar-refractivity contribution in [2.75, 3.05) is 6.61 Å². The van der Waals surface area contributed by atoms with Gasteiger partial charge in [-0.15, -0.1) is 0 Å². The minimum absolute atomic E-state index is 0.230. The van der Waals surface area contributed by atoms with E-state index >= 15 is 0 Å². The van der Waals surface area contributed by atoms with Crippen LogP contribution in [-0.4, -0.2) is 17.8 Å². The van der Waals surface area contributed by atoms with E-state index in [-0.39, 0.29) is 6.10 Å². The molecule has 1 aromatic rings. The van der Waals surface area contributed by atoms with Crippen LogP contribution in [0.4, 0.5) is 0 Å². The molecule has 1 N–H and O–H groups in total. The molecule has 90 valence electrons. The minimum atomic E-state index is -0.230. The molecule has 1 aromatic carbocycles. The summed E-state index contributed by atoms with van der Waals surface area (Å²) in [7, 11) is 0. The quantitative estimate of drug-likeness (QED) is 0.748. The maximum absolute atomic E-state index is 9.09. The van der Waals surface area contributed by atoms with Crippen LogP contribution in [0.2, 0.25) is 0 Å². The molecular formula is C14H22O2. The summed E-state index contributed by atoms with van der Waals surface area (Å²) in [4.78, 5) is 0. The van der Waals surface area contributed by atoms with Gasteiger partial charge in [0, 0.05) is 0 Å². The van der Waals surface area contributed by atoms with E-state index in [0.29, 0.717) is 12.5 Å². The zero-order valence-corrected chi connectivity index (χ0v) is 10.4. The van der Waals surface area contributed by atoms with Gasteiger partial charge in [-0.1, -0.05) is 26.0 Å². The molecule has 0 saturated carbocycles. The summed E-state index contributed by atoms with van der Waals surface area (Å²) in [5, 5.41) is 9.09. The Bertz CT molecular complexity index is 288. The number of hydrogen-bond acceptors (Lipinski definition) is 2. The zero-order valence-electron chi connectivity index (χ0n) is 10.4. The van der Waals surface area contributed by atoms with Crippen molar-refractivity contribution in [3.05, 3.63) is 29.8 Å². The highest BCUT2D eigenvalue weighted by Crippen LogP contribution is 2.18. The van der Waals surface area contributed by atoms with Crippen LogP contribution in [0.15, 0.2) is 24.3 Å². The highest BCUT2D eigenvalue weighted by atomic mass is 16.5. The molecule has 0 aliphatic carbocycles. The molecule has 0 amide bonds. The molecule has 16 heavy (non-hydrogen) atoms. The summed E-state index contributed by atoms with van der Waals surface area (Å²) in [6.45, 7) is 6.83. The van der Waals surface area contributed by atoms with Crippen LogP contribution in [0.5, 0.6) is 5.75 Å². The van der Waals surface area contributed by atoms with Gasteiger partial charge in [0.1, 0.15) is 5.75 Å². The molecule has 1 atom stereocenters. The fraction of sp³-hybridized carbons (Fsp3) is 0.571. The van der Waals surface area contributed by atoms with Gasteiger partial charge in [-0.2, -0.15) is 0 Å². The Morgan fingerprint density at radius 2 is 1.75 bits per heavy atom. The number of hydrogen-bond donors (Lipinski definition) is 1. The van der Waals surface area contributed by atoms with E-state index in [9.17, 15) is 0 Å². The second-order valence-electron chi connectivity index (χ2n) is 4.56. The van der Waals surface area contributed by atoms with E-state index < -0.39 is 0 Å². The Morgan fingerprint density at radius 1 is 1.12 bits per heavy atom. The minimum Gasteiger partial charge on any atom is -0.494 e. The van der Waals surface area contributed by atoms with Crippen molar-refractivity contribution in [3.63, 3.8) is 0 Å². The largest absolute Gasteiger partial charge is 0.494 e. The Morgan fingerprint density at radius 3 is 2.25 bits per heavy atom. The van der Waals surface area contributed by atoms with Crippen LogP contribution in [0.1, 0.15) is 45.1 Å². The first-order valence-corrected chi connectivity index (χ1v) is 6.00. The first kappa shape index (κ1) is 13.0. The van der Waals surface area contributed by atoms with E-state index in [1.165, 1.54) is 5.56 Å². The van der Waals surface area contributed by atoms with Gasteiger partial charge in [0.25, 0.3) is 0 Å². The summed E-state index contributed by atoms with van der Waals surface area (Å²) >= 11 is 0. The summed E-state index contributed by atoms with van der Waals surface area (Å²) in [6.07, 6.45) is 1.46. The van der Waals surface area contributed by atoms with Gasteiger partial charge < -0.3 is 9.84 Å². The lowest BCUT2D eigenvalue weighted by Gasteiger charge is -2.09. The number of aliphatic hydroxyl groups excluding tert-OH is 1. The Kier molecular flexibility index (Phi) is 5.33. The van der Waals surface area contributed by atoms with Crippen molar-refractivity contribution in [1.29, 1.82) is 0 Å². The predicted molar refractivity (Wildman–Crippen MR) is 66.9 cm³/mol. The van der Waals surface area contributed by atoms with Gasteiger partial charge in [0.2, 0.25) is 0 Å². The van der Waals surface area contributed by atoms with Gasteiger partial charge >= 0.3 is 0 Å². The van der Waals surface area contributed by atoms with Gasteiger partial charge in [-0.3, -0.25) is 0 Å². The zero-order chi connectivity index (χ0) is 12.0. The monoisotopic (exact) mass is 222 g/mol. The lowest BCUT2D eigenvalue weighted by molar-refractivity contribution is 0.170. The second-order valence-corrected chi connectivity index (χ2v) is 4.56. The van der Waals surface area contributed by atoms with Crippen LogP contribution < -0.4 is 4.74 Å². The molecular weight excluding hydrogens is 200 g/mol. The average molecular weight is 222 g/mol. The van der Waals surface area contributed by atoms with Gasteiger partial charge in [0.05, 0.1) is 12.7 Å². The SMILES string of the molecule is CC(O)CCCOc1ccc(C(C)C)cc1. The molecule has 0 aliphatic rings. The predicted octanol–water partition coefficient (Wildman–Crippen LogP) is 3.35. The van der Waals surface area contributed by atoms with E-state index in [0.717, 1.165) is 18.6 Å². The molecule has 0 bridgehead atoms. The Hall–Kier alpha value is -1.02. The topological polar surface area (TPSA) is 29.5 Å². The summed E-state index contributed by atoms with van der Waals surface area (Å²) in [6, 6.07) is 8.23. The number of aliphatic hydroxyl groups is 1. The standard InChI is InChI=1S/C14H22O2/c1-11(2)13-6-8-14(9-7-13)16-10-4-5-12(3)15/h6-9,11-12,15H,4-5,10H2,1-3H3. The molecule has 0 radical (unpaired) electrons. The maximum atomic E-state index is 9.09. The van der Waals surface area contributed by atoms with E-state index in [1.807, 2.05) is 12.1 Å². The van der Waals surface area contributed by atoms with Crippen LogP contribution in [-0.2, 0) is 0 Å².